The second-order valence-corrected chi connectivity index (χ2v) is 7.25. The molecule has 0 aliphatic rings. The number of hydrogen-bond donors (Lipinski definition) is 8. The third kappa shape index (κ3) is 8.97. The van der Waals surface area contributed by atoms with Crippen LogP contribution in [0.2, 0.25) is 0 Å². The van der Waals surface area contributed by atoms with Gasteiger partial charge in [0.25, 0.3) is 0 Å². The highest BCUT2D eigenvalue weighted by Gasteiger charge is 2.33. The van der Waals surface area contributed by atoms with Crippen molar-refractivity contribution in [3.05, 3.63) is 0 Å². The normalized spacial score (nSPS) is 16.9. The summed E-state index contributed by atoms with van der Waals surface area (Å²) in [6.45, 7) is 4.60. The Kier molecular flexibility index (Phi) is 12.0. The average Bonchev–Trinajstić information content (AvgIpc) is 2.65. The maximum absolute atomic E-state index is 12.6. The molecule has 8 N–H and O–H groups in total. The Morgan fingerprint density at radius 2 is 1.47 bits per heavy atom. The molecule has 0 radical (unpaired) electrons. The van der Waals surface area contributed by atoms with Crippen LogP contribution in [-0.2, 0) is 24.0 Å². The Labute approximate surface area is 179 Å². The van der Waals surface area contributed by atoms with Gasteiger partial charge in [-0.15, -0.1) is 0 Å². The lowest BCUT2D eigenvalue weighted by Gasteiger charge is -2.28. The van der Waals surface area contributed by atoms with E-state index in [9.17, 15) is 29.1 Å². The predicted octanol–water partition coefficient (Wildman–Crippen LogP) is -2.32. The van der Waals surface area contributed by atoms with E-state index in [1.54, 1.807) is 13.8 Å². The molecule has 13 heteroatoms. The number of nitrogens with two attached hydrogens (primary N) is 1. The number of nitrogens with one attached hydrogen (secondary N) is 3. The average molecular weight is 451 g/mol. The minimum absolute atomic E-state index is 0.169. The molecule has 0 aromatic heterocycles. The lowest BCUT2D eigenvalue weighted by atomic mass is 9.97. The number of aliphatic hydroxyl groups excluding tert-OH is 1. The van der Waals surface area contributed by atoms with Gasteiger partial charge < -0.3 is 37.0 Å². The van der Waals surface area contributed by atoms with Gasteiger partial charge in [0, 0.05) is 5.75 Å². The molecule has 0 aliphatic heterocycles. The van der Waals surface area contributed by atoms with Gasteiger partial charge in [0.15, 0.2) is 6.04 Å². The molecule has 0 aliphatic carbocycles. The van der Waals surface area contributed by atoms with Crippen LogP contribution in [0.4, 0.5) is 0 Å². The molecular formula is C17H30N4O8S. The summed E-state index contributed by atoms with van der Waals surface area (Å²) >= 11 is 3.98. The first kappa shape index (κ1) is 27.6. The molecule has 172 valence electrons. The van der Waals surface area contributed by atoms with Gasteiger partial charge in [-0.05, 0) is 12.8 Å². The van der Waals surface area contributed by atoms with E-state index in [2.05, 4.69) is 28.6 Å². The summed E-state index contributed by atoms with van der Waals surface area (Å²) in [5.41, 5.74) is 5.46. The summed E-state index contributed by atoms with van der Waals surface area (Å²) in [7, 11) is 0. The number of carboxylic acids is 2. The monoisotopic (exact) mass is 450 g/mol. The van der Waals surface area contributed by atoms with Gasteiger partial charge in [-0.1, -0.05) is 20.3 Å². The number of carbonyl (C=O) groups is 5. The van der Waals surface area contributed by atoms with Crippen LogP contribution in [0.5, 0.6) is 0 Å². The number of carboxylic acid groups (broad SMARTS) is 2. The van der Waals surface area contributed by atoms with E-state index in [1.807, 2.05) is 0 Å². The molecule has 30 heavy (non-hydrogen) atoms. The molecule has 3 amide bonds. The molecule has 0 bridgehead atoms. The Balaban J connectivity index is 5.32. The summed E-state index contributed by atoms with van der Waals surface area (Å²) < 4.78 is 0. The van der Waals surface area contributed by atoms with E-state index in [0.717, 1.165) is 0 Å². The van der Waals surface area contributed by atoms with E-state index >= 15 is 0 Å². The lowest BCUT2D eigenvalue weighted by molar-refractivity contribution is -0.145. The maximum atomic E-state index is 12.6. The standard InChI is InChI=1S/C17H30N4O8S/c1-4-7(2)12(16(27)21-13(8(3)22)17(28)29)20-15(26)10(6-30)19-14(25)9(18)5-11(23)24/h7-10,12-13,22,30H,4-6,18H2,1-3H3,(H,19,25)(H,20,26)(H,21,27)(H,23,24)(H,28,29). The number of carbonyl (C=O) groups excluding carboxylic acids is 3. The van der Waals surface area contributed by atoms with Crippen molar-refractivity contribution in [3.63, 3.8) is 0 Å². The van der Waals surface area contributed by atoms with E-state index < -0.39 is 72.3 Å². The van der Waals surface area contributed by atoms with E-state index in [1.165, 1.54) is 6.92 Å². The summed E-state index contributed by atoms with van der Waals surface area (Å²) in [5.74, 6) is -5.80. The van der Waals surface area contributed by atoms with Gasteiger partial charge >= 0.3 is 11.9 Å². The molecule has 6 atom stereocenters. The molecule has 12 nitrogen and oxygen atoms in total. The van der Waals surface area contributed by atoms with Crippen LogP contribution in [0.3, 0.4) is 0 Å². The van der Waals surface area contributed by atoms with Crippen LogP contribution in [0, 0.1) is 5.92 Å². The van der Waals surface area contributed by atoms with Gasteiger partial charge in [-0.2, -0.15) is 12.6 Å². The highest BCUT2D eigenvalue weighted by atomic mass is 32.1. The molecule has 0 aromatic rings. The van der Waals surface area contributed by atoms with Crippen LogP contribution >= 0.6 is 12.6 Å². The molecule has 0 rings (SSSR count). The largest absolute Gasteiger partial charge is 0.481 e. The fourth-order valence-electron chi connectivity index (χ4n) is 2.34. The number of thiol groups is 1. The summed E-state index contributed by atoms with van der Waals surface area (Å²) in [4.78, 5) is 59.0. The van der Waals surface area contributed by atoms with Crippen molar-refractivity contribution < 1.29 is 39.3 Å². The first-order valence-corrected chi connectivity index (χ1v) is 9.89. The second kappa shape index (κ2) is 13.0. The maximum Gasteiger partial charge on any atom is 0.328 e. The molecule has 0 fully saturated rings. The number of rotatable bonds is 13. The highest BCUT2D eigenvalue weighted by Crippen LogP contribution is 2.10. The third-order valence-electron chi connectivity index (χ3n) is 4.39. The molecule has 0 saturated carbocycles. The van der Waals surface area contributed by atoms with Crippen molar-refractivity contribution >= 4 is 42.3 Å². The first-order chi connectivity index (χ1) is 13.8. The third-order valence-corrected chi connectivity index (χ3v) is 4.75. The van der Waals surface area contributed by atoms with Crippen LogP contribution in [0.25, 0.3) is 0 Å². The molecule has 0 saturated heterocycles. The van der Waals surface area contributed by atoms with Gasteiger partial charge in [-0.3, -0.25) is 19.2 Å². The molecule has 0 heterocycles. The van der Waals surface area contributed by atoms with Crippen LogP contribution in [-0.4, -0.2) is 81.0 Å². The number of aliphatic carboxylic acids is 2. The fraction of sp³-hybridized carbons (Fsp3) is 0.706. The SMILES string of the molecule is CCC(C)C(NC(=O)C(CS)NC(=O)C(N)CC(=O)O)C(=O)NC(C(=O)O)C(C)O. The highest BCUT2D eigenvalue weighted by molar-refractivity contribution is 7.80. The number of aliphatic hydroxyl groups is 1. The second-order valence-electron chi connectivity index (χ2n) is 6.88. The molecule has 0 spiro atoms. The van der Waals surface area contributed by atoms with Gasteiger partial charge in [-0.25, -0.2) is 4.79 Å². The van der Waals surface area contributed by atoms with E-state index in [4.69, 9.17) is 15.9 Å². The first-order valence-electron chi connectivity index (χ1n) is 9.25. The molecular weight excluding hydrogens is 420 g/mol. The van der Waals surface area contributed by atoms with Crippen molar-refractivity contribution in [2.75, 3.05) is 5.75 Å². The van der Waals surface area contributed by atoms with Crippen molar-refractivity contribution in [1.82, 2.24) is 16.0 Å². The van der Waals surface area contributed by atoms with Crippen LogP contribution in [0.15, 0.2) is 0 Å². The Hall–Kier alpha value is -2.38. The minimum Gasteiger partial charge on any atom is -0.481 e. The smallest absolute Gasteiger partial charge is 0.328 e. The topological polar surface area (TPSA) is 208 Å². The Morgan fingerprint density at radius 1 is 0.933 bits per heavy atom. The van der Waals surface area contributed by atoms with Crippen molar-refractivity contribution in [2.45, 2.75) is 63.9 Å². The Bertz CT molecular complexity index is 645. The van der Waals surface area contributed by atoms with Gasteiger partial charge in [0.05, 0.1) is 18.6 Å². The van der Waals surface area contributed by atoms with Crippen molar-refractivity contribution in [2.24, 2.45) is 11.7 Å². The zero-order chi connectivity index (χ0) is 23.6. The fourth-order valence-corrected chi connectivity index (χ4v) is 2.60. The van der Waals surface area contributed by atoms with Crippen molar-refractivity contribution in [3.8, 4) is 0 Å². The molecule has 0 aromatic carbocycles. The lowest BCUT2D eigenvalue weighted by Crippen LogP contribution is -2.60. The van der Waals surface area contributed by atoms with E-state index in [-0.39, 0.29) is 5.75 Å². The predicted molar refractivity (Wildman–Crippen MR) is 109 cm³/mol. The zero-order valence-electron chi connectivity index (χ0n) is 17.0. The summed E-state index contributed by atoms with van der Waals surface area (Å²) in [5, 5.41) is 34.2. The Morgan fingerprint density at radius 3 is 1.87 bits per heavy atom. The van der Waals surface area contributed by atoms with E-state index in [0.29, 0.717) is 6.42 Å². The number of amides is 3. The van der Waals surface area contributed by atoms with Gasteiger partial charge in [0.2, 0.25) is 17.7 Å². The van der Waals surface area contributed by atoms with Gasteiger partial charge in [0.1, 0.15) is 12.1 Å². The minimum atomic E-state index is -1.57. The number of hydrogen-bond acceptors (Lipinski definition) is 8. The van der Waals surface area contributed by atoms with Crippen LogP contribution < -0.4 is 21.7 Å². The summed E-state index contributed by atoms with van der Waals surface area (Å²) in [6, 6.07) is -5.33. The zero-order valence-corrected chi connectivity index (χ0v) is 17.9. The van der Waals surface area contributed by atoms with Crippen molar-refractivity contribution in [1.29, 1.82) is 0 Å². The van der Waals surface area contributed by atoms with Crippen LogP contribution in [0.1, 0.15) is 33.6 Å². The summed E-state index contributed by atoms with van der Waals surface area (Å²) in [6.07, 6.45) is -1.56. The quantitative estimate of drug-likeness (QED) is 0.141. The molecule has 6 unspecified atom stereocenters.